The largest absolute Gasteiger partial charge is 0.466 e. The minimum absolute atomic E-state index is 0.0102. The highest BCUT2D eigenvalue weighted by atomic mass is 16.5. The van der Waals surface area contributed by atoms with Crippen LogP contribution in [0.3, 0.4) is 0 Å². The van der Waals surface area contributed by atoms with Crippen molar-refractivity contribution in [2.75, 3.05) is 13.2 Å². The number of amides is 1. The van der Waals surface area contributed by atoms with E-state index < -0.39 is 12.1 Å². The average molecular weight is 1100 g/mol. The Bertz CT molecular complexity index is 1220. The number of unbranched alkanes of at least 4 members (excludes halogenated alkanes) is 52. The monoisotopic (exact) mass is 1100 g/mol. The van der Waals surface area contributed by atoms with Crippen LogP contribution in [-0.4, -0.2) is 47.4 Å². The van der Waals surface area contributed by atoms with Gasteiger partial charge in [-0.15, -0.1) is 0 Å². The maximum Gasteiger partial charge on any atom is 0.305 e. The first-order valence-electron chi connectivity index (χ1n) is 35.6. The van der Waals surface area contributed by atoms with E-state index in [1.54, 1.807) is 0 Å². The van der Waals surface area contributed by atoms with Crippen molar-refractivity contribution in [2.45, 2.75) is 411 Å². The van der Waals surface area contributed by atoms with E-state index >= 15 is 0 Å². The van der Waals surface area contributed by atoms with Crippen LogP contribution in [-0.2, 0) is 14.3 Å². The Kier molecular flexibility index (Phi) is 66.4. The van der Waals surface area contributed by atoms with Gasteiger partial charge in [0.15, 0.2) is 0 Å². The Hall–Kier alpha value is -1.66. The highest BCUT2D eigenvalue weighted by molar-refractivity contribution is 5.76. The van der Waals surface area contributed by atoms with E-state index in [0.717, 1.165) is 44.9 Å². The summed E-state index contributed by atoms with van der Waals surface area (Å²) in [5.41, 5.74) is 0. The summed E-state index contributed by atoms with van der Waals surface area (Å²) in [6.45, 7) is 4.97. The van der Waals surface area contributed by atoms with Gasteiger partial charge in [0, 0.05) is 12.8 Å². The Morgan fingerprint density at radius 2 is 0.603 bits per heavy atom. The molecule has 0 radical (unpaired) electrons. The minimum atomic E-state index is -0.662. The number of carbonyl (C=O) groups is 2. The van der Waals surface area contributed by atoms with E-state index in [9.17, 15) is 19.8 Å². The molecule has 0 aromatic rings. The van der Waals surface area contributed by atoms with Crippen molar-refractivity contribution in [3.63, 3.8) is 0 Å². The SMILES string of the molecule is CCCCCCC/C=C\CCCCCCCC(=O)OCCCCCCCCCCCCCC/C=C\CCCCCCCCCCCCCCCCCCC(=O)NC(CO)C(O)CCCCCCCCCCCCCCCCC. The molecular weight excluding hydrogens is 959 g/mol. The Labute approximate surface area is 488 Å². The van der Waals surface area contributed by atoms with Crippen LogP contribution in [0.15, 0.2) is 24.3 Å². The first-order chi connectivity index (χ1) is 38.5. The topological polar surface area (TPSA) is 95.9 Å². The van der Waals surface area contributed by atoms with E-state index in [0.29, 0.717) is 25.9 Å². The molecule has 78 heavy (non-hydrogen) atoms. The standard InChI is InChI=1S/C72H139NO5/c1-3-5-7-9-11-13-15-17-37-40-44-48-52-56-60-64-70(75)69(68-74)73-71(76)65-61-57-53-49-45-41-38-35-33-31-29-27-25-23-21-19-20-22-24-26-28-30-32-34-36-39-43-47-51-55-59-63-67-78-72(77)66-62-58-54-50-46-42-18-16-14-12-10-8-6-4-2/h16,18,22,24,69-70,74-75H,3-15,17,19-21,23,25-68H2,1-2H3,(H,73,76)/b18-16-,24-22-. The van der Waals surface area contributed by atoms with Gasteiger partial charge in [0.25, 0.3) is 0 Å². The summed E-state index contributed by atoms with van der Waals surface area (Å²) in [5.74, 6) is -0.0192. The lowest BCUT2D eigenvalue weighted by molar-refractivity contribution is -0.143. The maximum absolute atomic E-state index is 12.5. The van der Waals surface area contributed by atoms with E-state index in [-0.39, 0.29) is 18.5 Å². The van der Waals surface area contributed by atoms with E-state index in [1.807, 2.05) is 0 Å². The molecule has 0 bridgehead atoms. The van der Waals surface area contributed by atoms with E-state index in [1.165, 1.54) is 321 Å². The molecule has 6 nitrogen and oxygen atoms in total. The number of hydrogen-bond donors (Lipinski definition) is 3. The number of esters is 1. The zero-order valence-electron chi connectivity index (χ0n) is 52.9. The lowest BCUT2D eigenvalue weighted by atomic mass is 10.0. The fourth-order valence-electron chi connectivity index (χ4n) is 11.3. The number of rotatable bonds is 67. The molecule has 2 unspecified atom stereocenters. The molecule has 6 heteroatoms. The zero-order valence-corrected chi connectivity index (χ0v) is 52.9. The van der Waals surface area contributed by atoms with Crippen molar-refractivity contribution < 1.29 is 24.5 Å². The van der Waals surface area contributed by atoms with Crippen molar-refractivity contribution in [1.82, 2.24) is 5.32 Å². The van der Waals surface area contributed by atoms with Crippen LogP contribution >= 0.6 is 0 Å². The van der Waals surface area contributed by atoms with Gasteiger partial charge < -0.3 is 20.3 Å². The van der Waals surface area contributed by atoms with Crippen LogP contribution in [0.5, 0.6) is 0 Å². The summed E-state index contributed by atoms with van der Waals surface area (Å²) in [5, 5.41) is 23.3. The molecule has 0 spiro atoms. The van der Waals surface area contributed by atoms with E-state index in [2.05, 4.69) is 43.5 Å². The Morgan fingerprint density at radius 1 is 0.346 bits per heavy atom. The van der Waals surface area contributed by atoms with Gasteiger partial charge in [-0.3, -0.25) is 9.59 Å². The summed E-state index contributed by atoms with van der Waals surface area (Å²) in [6.07, 6.45) is 85.2. The third kappa shape index (κ3) is 63.5. The number of aliphatic hydroxyl groups is 2. The van der Waals surface area contributed by atoms with Crippen molar-refractivity contribution in [3.05, 3.63) is 24.3 Å². The fraction of sp³-hybridized carbons (Fsp3) is 0.917. The Morgan fingerprint density at radius 3 is 0.910 bits per heavy atom. The second-order valence-electron chi connectivity index (χ2n) is 24.6. The molecule has 3 N–H and O–H groups in total. The lowest BCUT2D eigenvalue weighted by Crippen LogP contribution is -2.45. The molecule has 0 aromatic carbocycles. The van der Waals surface area contributed by atoms with Gasteiger partial charge in [-0.2, -0.15) is 0 Å². The normalized spacial score (nSPS) is 12.6. The van der Waals surface area contributed by atoms with Crippen LogP contribution < -0.4 is 5.32 Å². The summed E-state index contributed by atoms with van der Waals surface area (Å²) in [4.78, 5) is 24.6. The Balaban J connectivity index is 3.34. The summed E-state index contributed by atoms with van der Waals surface area (Å²) in [7, 11) is 0. The van der Waals surface area contributed by atoms with Crippen molar-refractivity contribution in [3.8, 4) is 0 Å². The van der Waals surface area contributed by atoms with Crippen LogP contribution in [0.25, 0.3) is 0 Å². The van der Waals surface area contributed by atoms with Gasteiger partial charge in [-0.25, -0.2) is 0 Å². The van der Waals surface area contributed by atoms with Crippen LogP contribution in [0.1, 0.15) is 399 Å². The number of nitrogens with one attached hydrogen (secondary N) is 1. The van der Waals surface area contributed by atoms with Gasteiger partial charge in [0.2, 0.25) is 5.91 Å². The average Bonchev–Trinajstić information content (AvgIpc) is 3.44. The zero-order chi connectivity index (χ0) is 56.4. The molecule has 0 heterocycles. The molecule has 0 aliphatic heterocycles. The third-order valence-corrected chi connectivity index (χ3v) is 16.7. The first kappa shape index (κ1) is 76.3. The molecule has 0 saturated heterocycles. The number of ether oxygens (including phenoxy) is 1. The maximum atomic E-state index is 12.5. The van der Waals surface area contributed by atoms with Crippen molar-refractivity contribution >= 4 is 11.9 Å². The highest BCUT2D eigenvalue weighted by Crippen LogP contribution is 2.19. The smallest absolute Gasteiger partial charge is 0.305 e. The number of hydrogen-bond acceptors (Lipinski definition) is 5. The van der Waals surface area contributed by atoms with Crippen LogP contribution in [0, 0.1) is 0 Å². The number of aliphatic hydroxyl groups excluding tert-OH is 2. The molecule has 0 saturated carbocycles. The van der Waals surface area contributed by atoms with Gasteiger partial charge in [0.1, 0.15) is 0 Å². The van der Waals surface area contributed by atoms with Gasteiger partial charge in [-0.1, -0.05) is 334 Å². The van der Waals surface area contributed by atoms with Crippen molar-refractivity contribution in [1.29, 1.82) is 0 Å². The lowest BCUT2D eigenvalue weighted by Gasteiger charge is -2.22. The second kappa shape index (κ2) is 67.8. The molecule has 1 amide bonds. The van der Waals surface area contributed by atoms with Gasteiger partial charge >= 0.3 is 5.97 Å². The molecule has 462 valence electrons. The molecule has 0 rings (SSSR count). The molecule has 2 atom stereocenters. The third-order valence-electron chi connectivity index (χ3n) is 16.7. The predicted octanol–water partition coefficient (Wildman–Crippen LogP) is 22.9. The van der Waals surface area contributed by atoms with Gasteiger partial charge in [0.05, 0.1) is 25.4 Å². The summed E-state index contributed by atoms with van der Waals surface area (Å²) >= 11 is 0. The first-order valence-corrected chi connectivity index (χ1v) is 35.6. The van der Waals surface area contributed by atoms with Crippen LogP contribution in [0.2, 0.25) is 0 Å². The predicted molar refractivity (Wildman–Crippen MR) is 343 cm³/mol. The molecule has 0 aliphatic rings. The molecule has 0 aromatic heterocycles. The second-order valence-corrected chi connectivity index (χ2v) is 24.6. The molecular formula is C72H139NO5. The van der Waals surface area contributed by atoms with Crippen LogP contribution in [0.4, 0.5) is 0 Å². The summed E-state index contributed by atoms with van der Waals surface area (Å²) in [6, 6.07) is -0.539. The number of carbonyl (C=O) groups excluding carboxylic acids is 2. The van der Waals surface area contributed by atoms with Crippen molar-refractivity contribution in [2.24, 2.45) is 0 Å². The van der Waals surface area contributed by atoms with Gasteiger partial charge in [-0.05, 0) is 77.0 Å². The summed E-state index contributed by atoms with van der Waals surface area (Å²) < 4.78 is 5.49. The molecule has 0 fully saturated rings. The fourth-order valence-corrected chi connectivity index (χ4v) is 11.3. The highest BCUT2D eigenvalue weighted by Gasteiger charge is 2.20. The van der Waals surface area contributed by atoms with E-state index in [4.69, 9.17) is 4.74 Å². The number of allylic oxidation sites excluding steroid dienone is 4. The minimum Gasteiger partial charge on any atom is -0.466 e. The quantitative estimate of drug-likeness (QED) is 0.0320. The molecule has 0 aliphatic carbocycles.